The summed E-state index contributed by atoms with van der Waals surface area (Å²) in [7, 11) is 0. The van der Waals surface area contributed by atoms with Crippen LogP contribution >= 0.6 is 31.9 Å². The second-order valence-electron chi connectivity index (χ2n) is 4.53. The number of benzene rings is 2. The number of hydrogen-bond donors (Lipinski definition) is 1. The van der Waals surface area contributed by atoms with Crippen molar-refractivity contribution in [3.8, 4) is 18.1 Å². The minimum absolute atomic E-state index is 0.267. The second-order valence-corrected chi connectivity index (χ2v) is 6.24. The molecule has 2 rings (SSSR count). The van der Waals surface area contributed by atoms with Crippen molar-refractivity contribution in [1.29, 1.82) is 0 Å². The quantitative estimate of drug-likeness (QED) is 0.691. The number of ether oxygens (including phenoxy) is 1. The van der Waals surface area contributed by atoms with Gasteiger partial charge in [-0.3, -0.25) is 0 Å². The third kappa shape index (κ3) is 4.26. The van der Waals surface area contributed by atoms with E-state index in [1.807, 2.05) is 30.3 Å². The summed E-state index contributed by atoms with van der Waals surface area (Å²) in [6, 6.07) is 12.0. The van der Waals surface area contributed by atoms with Crippen molar-refractivity contribution in [1.82, 2.24) is 0 Å². The number of aryl methyl sites for hydroxylation is 1. The maximum Gasteiger partial charge on any atom is 0.148 e. The molecule has 1 N–H and O–H groups in total. The Morgan fingerprint density at radius 2 is 2.05 bits per heavy atom. The molecule has 4 heteroatoms. The molecule has 0 unspecified atom stereocenters. The lowest BCUT2D eigenvalue weighted by Crippen LogP contribution is -2.04. The average molecular weight is 409 g/mol. The Kier molecular flexibility index (Phi) is 5.72. The van der Waals surface area contributed by atoms with Gasteiger partial charge in [-0.2, -0.15) is 0 Å². The standard InChI is InChI=1S/C17H15Br2NO/c1-3-9-21-16-8-7-14(18)10-13(16)11-20-15-6-4-5-12(2)17(15)19/h1,4-8,10,20H,9,11H2,2H3. The molecule has 0 aromatic heterocycles. The van der Waals surface area contributed by atoms with Crippen molar-refractivity contribution in [2.75, 3.05) is 11.9 Å². The predicted molar refractivity (Wildman–Crippen MR) is 94.7 cm³/mol. The Labute approximate surface area is 142 Å². The van der Waals surface area contributed by atoms with Crippen LogP contribution in [0, 0.1) is 19.3 Å². The van der Waals surface area contributed by atoms with Crippen molar-refractivity contribution >= 4 is 37.5 Å². The third-order valence-corrected chi connectivity index (χ3v) is 4.54. The minimum Gasteiger partial charge on any atom is -0.481 e. The summed E-state index contributed by atoms with van der Waals surface area (Å²) in [6.45, 7) is 2.99. The maximum absolute atomic E-state index is 5.58. The van der Waals surface area contributed by atoms with Gasteiger partial charge in [0.05, 0.1) is 0 Å². The van der Waals surface area contributed by atoms with Crippen molar-refractivity contribution in [2.24, 2.45) is 0 Å². The molecule has 21 heavy (non-hydrogen) atoms. The zero-order chi connectivity index (χ0) is 15.2. The Hall–Kier alpha value is -1.44. The van der Waals surface area contributed by atoms with E-state index in [0.717, 1.165) is 25.9 Å². The van der Waals surface area contributed by atoms with Crippen LogP contribution in [0.5, 0.6) is 5.75 Å². The first-order valence-electron chi connectivity index (χ1n) is 6.45. The molecule has 0 radical (unpaired) electrons. The van der Waals surface area contributed by atoms with Crippen LogP contribution in [0.2, 0.25) is 0 Å². The highest BCUT2D eigenvalue weighted by Crippen LogP contribution is 2.28. The Balaban J connectivity index is 2.17. The fourth-order valence-corrected chi connectivity index (χ4v) is 2.73. The van der Waals surface area contributed by atoms with E-state index in [-0.39, 0.29) is 6.61 Å². The minimum atomic E-state index is 0.267. The van der Waals surface area contributed by atoms with Crippen molar-refractivity contribution in [2.45, 2.75) is 13.5 Å². The number of anilines is 1. The van der Waals surface area contributed by atoms with E-state index in [1.165, 1.54) is 5.56 Å². The topological polar surface area (TPSA) is 21.3 Å². The second kappa shape index (κ2) is 7.53. The SMILES string of the molecule is C#CCOc1ccc(Br)cc1CNc1cccc(C)c1Br. The van der Waals surface area contributed by atoms with Crippen LogP contribution < -0.4 is 10.1 Å². The largest absolute Gasteiger partial charge is 0.481 e. The third-order valence-electron chi connectivity index (χ3n) is 2.99. The van der Waals surface area contributed by atoms with E-state index in [4.69, 9.17) is 11.2 Å². The highest BCUT2D eigenvalue weighted by Gasteiger charge is 2.07. The van der Waals surface area contributed by atoms with Crippen LogP contribution in [-0.2, 0) is 6.54 Å². The molecule has 108 valence electrons. The van der Waals surface area contributed by atoms with E-state index in [0.29, 0.717) is 6.54 Å². The molecule has 2 aromatic carbocycles. The van der Waals surface area contributed by atoms with Crippen LogP contribution in [-0.4, -0.2) is 6.61 Å². The van der Waals surface area contributed by atoms with E-state index in [9.17, 15) is 0 Å². The average Bonchev–Trinajstić information content (AvgIpc) is 2.48. The van der Waals surface area contributed by atoms with Gasteiger partial charge >= 0.3 is 0 Å². The fourth-order valence-electron chi connectivity index (χ4n) is 1.92. The number of halogens is 2. The van der Waals surface area contributed by atoms with Gasteiger partial charge in [0.2, 0.25) is 0 Å². The predicted octanol–water partition coefficient (Wildman–Crippen LogP) is 5.14. The monoisotopic (exact) mass is 407 g/mol. The molecular formula is C17H15Br2NO. The van der Waals surface area contributed by atoms with E-state index in [1.54, 1.807) is 0 Å². The molecule has 0 atom stereocenters. The van der Waals surface area contributed by atoms with Crippen LogP contribution in [0.15, 0.2) is 45.3 Å². The van der Waals surface area contributed by atoms with Crippen LogP contribution in [0.25, 0.3) is 0 Å². The Morgan fingerprint density at radius 1 is 1.24 bits per heavy atom. The van der Waals surface area contributed by atoms with Gasteiger partial charge in [-0.25, -0.2) is 0 Å². The van der Waals surface area contributed by atoms with Gasteiger partial charge in [-0.1, -0.05) is 34.0 Å². The maximum atomic E-state index is 5.58. The fraction of sp³-hybridized carbons (Fsp3) is 0.176. The first-order valence-corrected chi connectivity index (χ1v) is 8.04. The van der Waals surface area contributed by atoms with Gasteiger partial charge in [-0.05, 0) is 52.7 Å². The highest BCUT2D eigenvalue weighted by molar-refractivity contribution is 9.11. The first-order chi connectivity index (χ1) is 10.1. The summed E-state index contributed by atoms with van der Waals surface area (Å²) in [6.07, 6.45) is 5.25. The summed E-state index contributed by atoms with van der Waals surface area (Å²) in [4.78, 5) is 0. The number of rotatable bonds is 5. The number of nitrogens with one attached hydrogen (secondary N) is 1. The molecule has 0 saturated carbocycles. The molecular weight excluding hydrogens is 394 g/mol. The normalized spacial score (nSPS) is 10.0. The molecule has 0 fully saturated rings. The zero-order valence-electron chi connectivity index (χ0n) is 11.6. The summed E-state index contributed by atoms with van der Waals surface area (Å²) in [5.41, 5.74) is 3.30. The van der Waals surface area contributed by atoms with Crippen LogP contribution in [0.4, 0.5) is 5.69 Å². The molecule has 0 saturated heterocycles. The first kappa shape index (κ1) is 15.9. The van der Waals surface area contributed by atoms with Crippen molar-refractivity contribution in [3.05, 3.63) is 56.5 Å². The summed E-state index contributed by atoms with van der Waals surface area (Å²) in [5, 5.41) is 3.41. The smallest absolute Gasteiger partial charge is 0.148 e. The van der Waals surface area contributed by atoms with Crippen LogP contribution in [0.1, 0.15) is 11.1 Å². The molecule has 0 aliphatic carbocycles. The van der Waals surface area contributed by atoms with E-state index < -0.39 is 0 Å². The van der Waals surface area contributed by atoms with E-state index >= 15 is 0 Å². The molecule has 2 aromatic rings. The number of terminal acetylenes is 1. The van der Waals surface area contributed by atoms with Gasteiger partial charge in [0, 0.05) is 26.7 Å². The lowest BCUT2D eigenvalue weighted by atomic mass is 10.2. The van der Waals surface area contributed by atoms with Crippen LogP contribution in [0.3, 0.4) is 0 Å². The molecule has 0 aliphatic rings. The van der Waals surface area contributed by atoms with Gasteiger partial charge in [0.25, 0.3) is 0 Å². The molecule has 0 aliphatic heterocycles. The van der Waals surface area contributed by atoms with E-state index in [2.05, 4.69) is 56.1 Å². The molecule has 0 heterocycles. The molecule has 0 spiro atoms. The lowest BCUT2D eigenvalue weighted by molar-refractivity contribution is 0.366. The molecule has 0 bridgehead atoms. The highest BCUT2D eigenvalue weighted by atomic mass is 79.9. The zero-order valence-corrected chi connectivity index (χ0v) is 14.8. The Bertz CT molecular complexity index is 677. The van der Waals surface area contributed by atoms with Gasteiger partial charge in [-0.15, -0.1) is 6.42 Å². The van der Waals surface area contributed by atoms with Gasteiger partial charge in [0.1, 0.15) is 12.4 Å². The van der Waals surface area contributed by atoms with Gasteiger partial charge < -0.3 is 10.1 Å². The number of hydrogen-bond acceptors (Lipinski definition) is 2. The van der Waals surface area contributed by atoms with Gasteiger partial charge in [0.15, 0.2) is 0 Å². The molecule has 2 nitrogen and oxygen atoms in total. The summed E-state index contributed by atoms with van der Waals surface area (Å²) in [5.74, 6) is 3.29. The summed E-state index contributed by atoms with van der Waals surface area (Å²) >= 11 is 7.08. The van der Waals surface area contributed by atoms with Crippen molar-refractivity contribution in [3.63, 3.8) is 0 Å². The molecule has 0 amide bonds. The summed E-state index contributed by atoms with van der Waals surface area (Å²) < 4.78 is 7.66. The lowest BCUT2D eigenvalue weighted by Gasteiger charge is -2.14. The van der Waals surface area contributed by atoms with Crippen molar-refractivity contribution < 1.29 is 4.74 Å². The Morgan fingerprint density at radius 3 is 2.81 bits per heavy atom.